The summed E-state index contributed by atoms with van der Waals surface area (Å²) in [5.41, 5.74) is 6.37. The third-order valence-electron chi connectivity index (χ3n) is 6.77. The van der Waals surface area contributed by atoms with Crippen molar-refractivity contribution in [3.63, 3.8) is 0 Å². The summed E-state index contributed by atoms with van der Waals surface area (Å²) in [5, 5.41) is 11.1. The Morgan fingerprint density at radius 3 is 2.24 bits per heavy atom. The van der Waals surface area contributed by atoms with Gasteiger partial charge in [0.15, 0.2) is 0 Å². The number of ether oxygens (including phenoxy) is 1. The topological polar surface area (TPSA) is 55.5 Å². The van der Waals surface area contributed by atoms with Gasteiger partial charge in [-0.1, -0.05) is 20.8 Å². The molecule has 1 aliphatic carbocycles. The fourth-order valence-electron chi connectivity index (χ4n) is 5.25. The first-order valence-electron chi connectivity index (χ1n) is 8.90. The smallest absolute Gasteiger partial charge is 0.0674 e. The Balaban J connectivity index is 1.65. The van der Waals surface area contributed by atoms with Gasteiger partial charge in [-0.05, 0) is 62.2 Å². The quantitative estimate of drug-likeness (QED) is 0.841. The van der Waals surface area contributed by atoms with Gasteiger partial charge in [0.25, 0.3) is 0 Å². The number of nitrogens with two attached hydrogens (primary N) is 1. The van der Waals surface area contributed by atoms with E-state index in [1.165, 1.54) is 12.8 Å². The summed E-state index contributed by atoms with van der Waals surface area (Å²) in [6, 6.07) is 0. The second-order valence-electron chi connectivity index (χ2n) is 8.89. The van der Waals surface area contributed by atoms with E-state index in [9.17, 15) is 5.11 Å². The van der Waals surface area contributed by atoms with Gasteiger partial charge in [-0.25, -0.2) is 0 Å². The number of hydrogen-bond acceptors (Lipinski definition) is 3. The molecule has 3 heteroatoms. The number of hydrogen-bond donors (Lipinski definition) is 2. The predicted molar refractivity (Wildman–Crippen MR) is 84.9 cm³/mol. The standard InChI is InChI=1S/C18H33NO2/c1-17(2,3)13-6-4-12(5-7-13)16(20)18(11-19)10-14-8-9-15(18)21-14/h12-16,20H,4-11,19H2,1-3H3. The molecule has 3 rings (SSSR count). The zero-order valence-corrected chi connectivity index (χ0v) is 14.0. The van der Waals surface area contributed by atoms with Crippen molar-refractivity contribution >= 4 is 0 Å². The molecule has 2 bridgehead atoms. The van der Waals surface area contributed by atoms with Crippen LogP contribution in [0, 0.1) is 22.7 Å². The van der Waals surface area contributed by atoms with Crippen LogP contribution < -0.4 is 5.73 Å². The van der Waals surface area contributed by atoms with E-state index in [2.05, 4.69) is 20.8 Å². The molecule has 21 heavy (non-hydrogen) atoms. The molecule has 3 aliphatic rings. The Hall–Kier alpha value is -0.120. The maximum Gasteiger partial charge on any atom is 0.0674 e. The van der Waals surface area contributed by atoms with Crippen LogP contribution >= 0.6 is 0 Å². The molecule has 3 fully saturated rings. The maximum absolute atomic E-state index is 11.1. The van der Waals surface area contributed by atoms with Crippen molar-refractivity contribution in [3.05, 3.63) is 0 Å². The molecule has 0 aromatic heterocycles. The van der Waals surface area contributed by atoms with Crippen LogP contribution in [0.5, 0.6) is 0 Å². The Morgan fingerprint density at radius 2 is 1.81 bits per heavy atom. The van der Waals surface area contributed by atoms with Crippen molar-refractivity contribution < 1.29 is 9.84 Å². The Labute approximate surface area is 129 Å². The highest BCUT2D eigenvalue weighted by atomic mass is 16.5. The summed E-state index contributed by atoms with van der Waals surface area (Å²) in [4.78, 5) is 0. The largest absolute Gasteiger partial charge is 0.392 e. The molecule has 2 aliphatic heterocycles. The van der Waals surface area contributed by atoms with Gasteiger partial charge >= 0.3 is 0 Å². The van der Waals surface area contributed by atoms with Crippen LogP contribution in [-0.4, -0.2) is 30.0 Å². The van der Waals surface area contributed by atoms with Crippen LogP contribution in [0.15, 0.2) is 0 Å². The molecule has 0 spiro atoms. The summed E-state index contributed by atoms with van der Waals surface area (Å²) in [6.07, 6.45) is 8.35. The van der Waals surface area contributed by atoms with Gasteiger partial charge in [0.2, 0.25) is 0 Å². The molecule has 3 N–H and O–H groups in total. The highest BCUT2D eigenvalue weighted by Gasteiger charge is 2.57. The summed E-state index contributed by atoms with van der Waals surface area (Å²) in [5.74, 6) is 1.22. The molecule has 3 nitrogen and oxygen atoms in total. The van der Waals surface area contributed by atoms with Crippen LogP contribution in [0.1, 0.15) is 65.7 Å². The second-order valence-corrected chi connectivity index (χ2v) is 8.89. The van der Waals surface area contributed by atoms with E-state index in [-0.39, 0.29) is 17.6 Å². The van der Waals surface area contributed by atoms with Gasteiger partial charge < -0.3 is 15.6 Å². The monoisotopic (exact) mass is 295 g/mol. The lowest BCUT2D eigenvalue weighted by atomic mass is 9.62. The summed E-state index contributed by atoms with van der Waals surface area (Å²) in [6.45, 7) is 7.62. The van der Waals surface area contributed by atoms with Crippen LogP contribution in [0.3, 0.4) is 0 Å². The molecule has 0 aromatic carbocycles. The fraction of sp³-hybridized carbons (Fsp3) is 1.00. The molecular weight excluding hydrogens is 262 g/mol. The third-order valence-corrected chi connectivity index (χ3v) is 6.77. The first-order valence-corrected chi connectivity index (χ1v) is 8.90. The van der Waals surface area contributed by atoms with E-state index >= 15 is 0 Å². The normalized spacial score (nSPS) is 45.0. The van der Waals surface area contributed by atoms with Crippen LogP contribution in [0.25, 0.3) is 0 Å². The van der Waals surface area contributed by atoms with E-state index < -0.39 is 0 Å². The average Bonchev–Trinajstić information content (AvgIpc) is 3.06. The van der Waals surface area contributed by atoms with Crippen molar-refractivity contribution in [3.8, 4) is 0 Å². The number of aliphatic hydroxyl groups excluding tert-OH is 1. The Bertz CT molecular complexity index is 370. The highest BCUT2D eigenvalue weighted by Crippen LogP contribution is 2.53. The minimum Gasteiger partial charge on any atom is -0.392 e. The first-order chi connectivity index (χ1) is 9.87. The van der Waals surface area contributed by atoms with E-state index in [0.29, 0.717) is 24.0 Å². The lowest BCUT2D eigenvalue weighted by Gasteiger charge is -2.45. The second kappa shape index (κ2) is 5.50. The van der Waals surface area contributed by atoms with Crippen molar-refractivity contribution in [1.82, 2.24) is 0 Å². The van der Waals surface area contributed by atoms with Gasteiger partial charge in [-0.3, -0.25) is 0 Å². The lowest BCUT2D eigenvalue weighted by molar-refractivity contribution is -0.0691. The zero-order valence-electron chi connectivity index (χ0n) is 14.0. The van der Waals surface area contributed by atoms with Crippen molar-refractivity contribution in [2.24, 2.45) is 28.4 Å². The van der Waals surface area contributed by atoms with E-state index in [1.54, 1.807) is 0 Å². The van der Waals surface area contributed by atoms with Gasteiger partial charge in [0.1, 0.15) is 0 Å². The van der Waals surface area contributed by atoms with Crippen LogP contribution in [0.2, 0.25) is 0 Å². The van der Waals surface area contributed by atoms with Gasteiger partial charge in [0, 0.05) is 12.0 Å². The number of fused-ring (bicyclic) bond motifs is 2. The van der Waals surface area contributed by atoms with E-state index in [4.69, 9.17) is 10.5 Å². The lowest BCUT2D eigenvalue weighted by Crippen LogP contribution is -2.52. The summed E-state index contributed by atoms with van der Waals surface area (Å²) in [7, 11) is 0. The predicted octanol–water partition coefficient (Wildman–Crippen LogP) is 3.10. The van der Waals surface area contributed by atoms with Crippen molar-refractivity contribution in [1.29, 1.82) is 0 Å². The van der Waals surface area contributed by atoms with Crippen molar-refractivity contribution in [2.75, 3.05) is 6.54 Å². The SMILES string of the molecule is CC(C)(C)C1CCC(C(O)C2(CN)CC3CCC2O3)CC1. The van der Waals surface area contributed by atoms with E-state index in [1.807, 2.05) is 0 Å². The minimum atomic E-state index is -0.265. The molecule has 2 saturated heterocycles. The molecule has 2 heterocycles. The summed E-state index contributed by atoms with van der Waals surface area (Å²) < 4.78 is 6.03. The number of rotatable bonds is 3. The van der Waals surface area contributed by atoms with Gasteiger partial charge in [-0.15, -0.1) is 0 Å². The summed E-state index contributed by atoms with van der Waals surface area (Å²) >= 11 is 0. The molecule has 0 aromatic rings. The van der Waals surface area contributed by atoms with Gasteiger partial charge in [-0.2, -0.15) is 0 Å². The van der Waals surface area contributed by atoms with E-state index in [0.717, 1.165) is 38.0 Å². The average molecular weight is 295 g/mol. The van der Waals surface area contributed by atoms with Crippen LogP contribution in [0.4, 0.5) is 0 Å². The fourth-order valence-corrected chi connectivity index (χ4v) is 5.25. The Morgan fingerprint density at radius 1 is 1.14 bits per heavy atom. The number of aliphatic hydroxyl groups is 1. The zero-order chi connectivity index (χ0) is 15.3. The molecule has 4 atom stereocenters. The van der Waals surface area contributed by atoms with Gasteiger partial charge in [0.05, 0.1) is 18.3 Å². The van der Waals surface area contributed by atoms with Crippen LogP contribution in [-0.2, 0) is 4.74 Å². The first kappa shape index (κ1) is 15.8. The molecule has 1 saturated carbocycles. The van der Waals surface area contributed by atoms with Crippen molar-refractivity contribution in [2.45, 2.75) is 84.0 Å². The minimum absolute atomic E-state index is 0.151. The molecule has 0 radical (unpaired) electrons. The molecule has 0 amide bonds. The Kier molecular flexibility index (Phi) is 4.13. The maximum atomic E-state index is 11.1. The third kappa shape index (κ3) is 2.66. The molecule has 4 unspecified atom stereocenters. The highest BCUT2D eigenvalue weighted by molar-refractivity contribution is 5.06. The molecule has 122 valence electrons. The molecular formula is C18H33NO2.